The molecule has 1 fully saturated rings. The van der Waals surface area contributed by atoms with Gasteiger partial charge in [-0.25, -0.2) is 9.97 Å². The highest BCUT2D eigenvalue weighted by Crippen LogP contribution is 2.38. The molecular formula is C25H25ClN4. The summed E-state index contributed by atoms with van der Waals surface area (Å²) in [6.45, 7) is 6.70. The molecule has 2 atom stereocenters. The molecule has 30 heavy (non-hydrogen) atoms. The second kappa shape index (κ2) is 7.77. The highest BCUT2D eigenvalue weighted by molar-refractivity contribution is 6.30. The molecule has 1 saturated heterocycles. The van der Waals surface area contributed by atoms with Crippen molar-refractivity contribution in [2.45, 2.75) is 20.3 Å². The zero-order valence-electron chi connectivity index (χ0n) is 17.3. The maximum absolute atomic E-state index is 6.30. The molecule has 4 aromatic rings. The topological polar surface area (TPSA) is 34.0 Å². The Morgan fingerprint density at radius 1 is 0.933 bits per heavy atom. The fourth-order valence-corrected chi connectivity index (χ4v) is 4.97. The molecule has 0 radical (unpaired) electrons. The van der Waals surface area contributed by atoms with E-state index in [2.05, 4.69) is 59.8 Å². The van der Waals surface area contributed by atoms with Crippen LogP contribution in [0.15, 0.2) is 67.1 Å². The second-order valence-corrected chi connectivity index (χ2v) is 8.94. The largest absolute Gasteiger partial charge is 0.355 e. The fraction of sp³-hybridized carbons (Fsp3) is 0.280. The minimum absolute atomic E-state index is 0.647. The molecular weight excluding hydrogens is 392 g/mol. The number of nitrogens with zero attached hydrogens (tertiary/aromatic N) is 4. The molecule has 2 aromatic carbocycles. The van der Waals surface area contributed by atoms with E-state index >= 15 is 0 Å². The van der Waals surface area contributed by atoms with Gasteiger partial charge in [-0.2, -0.15) is 0 Å². The second-order valence-electron chi connectivity index (χ2n) is 8.51. The number of halogens is 1. The maximum Gasteiger partial charge on any atom is 0.150 e. The van der Waals surface area contributed by atoms with Crippen LogP contribution in [0, 0.1) is 11.8 Å². The molecule has 1 aliphatic rings. The average Bonchev–Trinajstić information content (AvgIpc) is 3.13. The van der Waals surface area contributed by atoms with Gasteiger partial charge in [-0.15, -0.1) is 0 Å². The summed E-state index contributed by atoms with van der Waals surface area (Å²) in [5, 5.41) is 1.81. The number of fused-ring (bicyclic) bond motifs is 1. The monoisotopic (exact) mass is 416 g/mol. The lowest BCUT2D eigenvalue weighted by atomic mass is 9.91. The van der Waals surface area contributed by atoms with Gasteiger partial charge in [0, 0.05) is 35.6 Å². The van der Waals surface area contributed by atoms with Gasteiger partial charge in [-0.05, 0) is 42.0 Å². The molecule has 0 spiro atoms. The number of rotatable bonds is 3. The van der Waals surface area contributed by atoms with Gasteiger partial charge in [0.2, 0.25) is 0 Å². The lowest BCUT2D eigenvalue weighted by Gasteiger charge is -2.36. The molecule has 3 heterocycles. The molecule has 0 bridgehead atoms. The summed E-state index contributed by atoms with van der Waals surface area (Å²) in [5.74, 6) is 2.32. The molecule has 0 N–H and O–H groups in total. The molecule has 4 nitrogen and oxygen atoms in total. The van der Waals surface area contributed by atoms with Gasteiger partial charge in [0.25, 0.3) is 0 Å². The van der Waals surface area contributed by atoms with Gasteiger partial charge in [0.15, 0.2) is 5.65 Å². The number of anilines is 1. The highest BCUT2D eigenvalue weighted by Gasteiger charge is 2.26. The quantitative estimate of drug-likeness (QED) is 0.397. The molecule has 2 aromatic heterocycles. The van der Waals surface area contributed by atoms with Crippen LogP contribution < -0.4 is 4.90 Å². The van der Waals surface area contributed by atoms with E-state index < -0.39 is 0 Å². The van der Waals surface area contributed by atoms with Crippen molar-refractivity contribution in [2.75, 3.05) is 18.0 Å². The number of aromatic nitrogens is 3. The fourth-order valence-electron chi connectivity index (χ4n) is 4.78. The molecule has 0 amide bonds. The van der Waals surface area contributed by atoms with E-state index in [0.717, 1.165) is 46.8 Å². The van der Waals surface area contributed by atoms with Gasteiger partial charge >= 0.3 is 0 Å². The first-order valence-electron chi connectivity index (χ1n) is 10.5. The van der Waals surface area contributed by atoms with E-state index in [4.69, 9.17) is 21.6 Å². The smallest absolute Gasteiger partial charge is 0.150 e. The molecule has 0 saturated carbocycles. The van der Waals surface area contributed by atoms with Gasteiger partial charge in [0.1, 0.15) is 12.1 Å². The van der Waals surface area contributed by atoms with Gasteiger partial charge in [0.05, 0.1) is 5.39 Å². The van der Waals surface area contributed by atoms with E-state index in [1.807, 2.05) is 24.3 Å². The SMILES string of the molecule is CC1CC(C)CN(c2ncnc3c2c(-c2ccccc2)cn3-c2cccc(Cl)c2)C1. The van der Waals surface area contributed by atoms with Crippen molar-refractivity contribution in [3.63, 3.8) is 0 Å². The number of benzene rings is 2. The lowest BCUT2D eigenvalue weighted by Crippen LogP contribution is -2.39. The Morgan fingerprint density at radius 3 is 2.43 bits per heavy atom. The Hall–Kier alpha value is -2.85. The van der Waals surface area contributed by atoms with E-state index in [0.29, 0.717) is 16.9 Å². The summed E-state index contributed by atoms with van der Waals surface area (Å²) >= 11 is 6.30. The van der Waals surface area contributed by atoms with Crippen molar-refractivity contribution >= 4 is 28.5 Å². The molecule has 5 heteroatoms. The van der Waals surface area contributed by atoms with E-state index in [1.54, 1.807) is 6.33 Å². The molecule has 1 aliphatic heterocycles. The lowest BCUT2D eigenvalue weighted by molar-refractivity contribution is 0.356. The third kappa shape index (κ3) is 3.46. The Balaban J connectivity index is 1.76. The van der Waals surface area contributed by atoms with Crippen LogP contribution in [-0.4, -0.2) is 27.6 Å². The van der Waals surface area contributed by atoms with Crippen LogP contribution in [0.25, 0.3) is 27.8 Å². The van der Waals surface area contributed by atoms with Crippen molar-refractivity contribution in [2.24, 2.45) is 11.8 Å². The zero-order chi connectivity index (χ0) is 20.7. The standard InChI is InChI=1S/C25H25ClN4/c1-17-11-18(2)14-29(13-17)24-23-22(19-7-4-3-5-8-19)15-30(25(23)28-16-27-24)21-10-6-9-20(26)12-21/h3-10,12,15-18H,11,13-14H2,1-2H3. The van der Waals surface area contributed by atoms with Crippen LogP contribution >= 0.6 is 11.6 Å². The first kappa shape index (κ1) is 19.1. The highest BCUT2D eigenvalue weighted by atomic mass is 35.5. The molecule has 152 valence electrons. The average molecular weight is 417 g/mol. The summed E-state index contributed by atoms with van der Waals surface area (Å²) in [6, 6.07) is 18.4. The predicted molar refractivity (Wildman–Crippen MR) is 124 cm³/mol. The van der Waals surface area contributed by atoms with Gasteiger partial charge in [-0.1, -0.05) is 61.8 Å². The summed E-state index contributed by atoms with van der Waals surface area (Å²) in [6.07, 6.45) is 5.12. The zero-order valence-corrected chi connectivity index (χ0v) is 18.0. The third-order valence-electron chi connectivity index (χ3n) is 5.90. The molecule has 2 unspecified atom stereocenters. The Morgan fingerprint density at radius 2 is 1.70 bits per heavy atom. The summed E-state index contributed by atoms with van der Waals surface area (Å²) in [5.41, 5.74) is 4.22. The molecule has 0 aliphatic carbocycles. The number of hydrogen-bond donors (Lipinski definition) is 0. The summed E-state index contributed by atoms with van der Waals surface area (Å²) in [4.78, 5) is 11.9. The van der Waals surface area contributed by atoms with Crippen molar-refractivity contribution < 1.29 is 0 Å². The normalized spacial score (nSPS) is 19.4. The van der Waals surface area contributed by atoms with Crippen LogP contribution in [0.3, 0.4) is 0 Å². The minimum Gasteiger partial charge on any atom is -0.355 e. The van der Waals surface area contributed by atoms with Crippen LogP contribution in [-0.2, 0) is 0 Å². The number of piperidine rings is 1. The van der Waals surface area contributed by atoms with Crippen LogP contribution in [0.1, 0.15) is 20.3 Å². The first-order chi connectivity index (χ1) is 14.6. The Bertz CT molecular complexity index is 1170. The van der Waals surface area contributed by atoms with Crippen molar-refractivity contribution in [1.29, 1.82) is 0 Å². The third-order valence-corrected chi connectivity index (χ3v) is 6.14. The summed E-state index contributed by atoms with van der Waals surface area (Å²) in [7, 11) is 0. The minimum atomic E-state index is 0.647. The van der Waals surface area contributed by atoms with Gasteiger partial charge in [-0.3, -0.25) is 0 Å². The number of hydrogen-bond acceptors (Lipinski definition) is 3. The Kier molecular flexibility index (Phi) is 4.95. The maximum atomic E-state index is 6.30. The predicted octanol–water partition coefficient (Wildman–Crippen LogP) is 6.22. The van der Waals surface area contributed by atoms with Crippen molar-refractivity contribution in [3.05, 3.63) is 72.1 Å². The van der Waals surface area contributed by atoms with E-state index in [-0.39, 0.29) is 0 Å². The van der Waals surface area contributed by atoms with E-state index in [9.17, 15) is 0 Å². The van der Waals surface area contributed by atoms with Gasteiger partial charge < -0.3 is 9.47 Å². The van der Waals surface area contributed by atoms with Crippen molar-refractivity contribution in [1.82, 2.24) is 14.5 Å². The van der Waals surface area contributed by atoms with Crippen LogP contribution in [0.2, 0.25) is 5.02 Å². The Labute approximate surface area is 182 Å². The molecule has 5 rings (SSSR count). The van der Waals surface area contributed by atoms with E-state index in [1.165, 1.54) is 6.42 Å². The van der Waals surface area contributed by atoms with Crippen LogP contribution in [0.4, 0.5) is 5.82 Å². The van der Waals surface area contributed by atoms with Crippen molar-refractivity contribution in [3.8, 4) is 16.8 Å². The van der Waals surface area contributed by atoms with Crippen LogP contribution in [0.5, 0.6) is 0 Å². The first-order valence-corrected chi connectivity index (χ1v) is 10.9. The summed E-state index contributed by atoms with van der Waals surface area (Å²) < 4.78 is 2.13.